The summed E-state index contributed by atoms with van der Waals surface area (Å²) >= 11 is 0. The van der Waals surface area contributed by atoms with E-state index >= 15 is 0 Å². The summed E-state index contributed by atoms with van der Waals surface area (Å²) in [6, 6.07) is 0.721. The zero-order valence-corrected chi connectivity index (χ0v) is 9.70. The molecule has 1 aliphatic rings. The van der Waals surface area contributed by atoms with Crippen LogP contribution in [-0.2, 0) is 4.74 Å². The molecule has 1 saturated heterocycles. The molecule has 0 bridgehead atoms. The van der Waals surface area contributed by atoms with Crippen LogP contribution in [0.1, 0.15) is 27.2 Å². The minimum Gasteiger partial charge on any atom is -0.380 e. The van der Waals surface area contributed by atoms with Gasteiger partial charge in [-0.1, -0.05) is 20.8 Å². The molecule has 0 spiro atoms. The van der Waals surface area contributed by atoms with E-state index in [1.54, 1.807) is 0 Å². The van der Waals surface area contributed by atoms with Gasteiger partial charge in [0.1, 0.15) is 0 Å². The summed E-state index contributed by atoms with van der Waals surface area (Å²) in [7, 11) is 0. The molecule has 14 heavy (non-hydrogen) atoms. The van der Waals surface area contributed by atoms with Crippen molar-refractivity contribution < 1.29 is 4.74 Å². The highest BCUT2D eigenvalue weighted by molar-refractivity contribution is 4.84. The lowest BCUT2D eigenvalue weighted by Crippen LogP contribution is -2.54. The van der Waals surface area contributed by atoms with Crippen molar-refractivity contribution in [2.45, 2.75) is 39.3 Å². The predicted molar refractivity (Wildman–Crippen MR) is 59.3 cm³/mol. The Hall–Kier alpha value is -0.120. The fraction of sp³-hybridized carbons (Fsp3) is 1.00. The third kappa shape index (κ3) is 3.23. The third-order valence-corrected chi connectivity index (χ3v) is 2.85. The van der Waals surface area contributed by atoms with Crippen LogP contribution in [0.25, 0.3) is 0 Å². The Labute approximate surface area is 87.6 Å². The molecule has 0 radical (unpaired) electrons. The van der Waals surface area contributed by atoms with Gasteiger partial charge in [-0.05, 0) is 18.9 Å². The molecular formula is C11H24N2O. The van der Waals surface area contributed by atoms with Crippen molar-refractivity contribution in [3.8, 4) is 0 Å². The Morgan fingerprint density at radius 1 is 1.50 bits per heavy atom. The topological polar surface area (TPSA) is 38.5 Å². The molecule has 3 nitrogen and oxygen atoms in total. The monoisotopic (exact) mass is 200 g/mol. The van der Waals surface area contributed by atoms with Crippen LogP contribution in [0, 0.1) is 5.92 Å². The minimum absolute atomic E-state index is 0.294. The second-order valence-corrected chi connectivity index (χ2v) is 4.58. The van der Waals surface area contributed by atoms with E-state index in [0.717, 1.165) is 32.7 Å². The van der Waals surface area contributed by atoms with E-state index in [1.165, 1.54) is 0 Å². The summed E-state index contributed by atoms with van der Waals surface area (Å²) < 4.78 is 5.50. The van der Waals surface area contributed by atoms with Gasteiger partial charge in [0.25, 0.3) is 0 Å². The maximum Gasteiger partial charge on any atom is 0.0636 e. The van der Waals surface area contributed by atoms with Crippen molar-refractivity contribution in [1.29, 1.82) is 0 Å². The van der Waals surface area contributed by atoms with Gasteiger partial charge < -0.3 is 10.5 Å². The van der Waals surface area contributed by atoms with E-state index in [2.05, 4.69) is 25.7 Å². The lowest BCUT2D eigenvalue weighted by Gasteiger charge is -2.38. The maximum atomic E-state index is 6.11. The number of ether oxygens (including phenoxy) is 1. The fourth-order valence-corrected chi connectivity index (χ4v) is 2.08. The van der Waals surface area contributed by atoms with Crippen LogP contribution >= 0.6 is 0 Å². The largest absolute Gasteiger partial charge is 0.380 e. The summed E-state index contributed by atoms with van der Waals surface area (Å²) in [6.07, 6.45) is 0.999. The molecule has 0 aromatic carbocycles. The van der Waals surface area contributed by atoms with E-state index in [0.29, 0.717) is 18.0 Å². The van der Waals surface area contributed by atoms with Gasteiger partial charge in [0.2, 0.25) is 0 Å². The number of hydrogen-bond donors (Lipinski definition) is 1. The molecule has 1 aliphatic heterocycles. The Bertz CT molecular complexity index is 161. The van der Waals surface area contributed by atoms with Crippen molar-refractivity contribution in [2.24, 2.45) is 11.7 Å². The summed E-state index contributed by atoms with van der Waals surface area (Å²) in [5.41, 5.74) is 6.11. The zero-order valence-electron chi connectivity index (χ0n) is 9.70. The van der Waals surface area contributed by atoms with Gasteiger partial charge in [-0.15, -0.1) is 0 Å². The lowest BCUT2D eigenvalue weighted by atomic mass is 10.0. The summed E-state index contributed by atoms with van der Waals surface area (Å²) in [4.78, 5) is 2.45. The van der Waals surface area contributed by atoms with Crippen molar-refractivity contribution in [2.75, 3.05) is 26.3 Å². The molecule has 2 unspecified atom stereocenters. The van der Waals surface area contributed by atoms with Crippen molar-refractivity contribution >= 4 is 0 Å². The minimum atomic E-state index is 0.294. The number of nitrogens with two attached hydrogens (primary N) is 1. The average molecular weight is 200 g/mol. The maximum absolute atomic E-state index is 6.11. The highest BCUT2D eigenvalue weighted by Gasteiger charge is 2.27. The second kappa shape index (κ2) is 5.69. The van der Waals surface area contributed by atoms with E-state index in [1.807, 2.05) is 0 Å². The Morgan fingerprint density at radius 3 is 2.71 bits per heavy atom. The van der Waals surface area contributed by atoms with Crippen LogP contribution in [0.15, 0.2) is 0 Å². The quantitative estimate of drug-likeness (QED) is 0.738. The number of rotatable bonds is 4. The Balaban J connectivity index is 2.48. The predicted octanol–water partition coefficient (Wildman–Crippen LogP) is 1.08. The van der Waals surface area contributed by atoms with Gasteiger partial charge in [0.15, 0.2) is 0 Å². The molecule has 0 aliphatic carbocycles. The first-order chi connectivity index (χ1) is 6.65. The van der Waals surface area contributed by atoms with Crippen LogP contribution in [0.3, 0.4) is 0 Å². The van der Waals surface area contributed by atoms with E-state index < -0.39 is 0 Å². The van der Waals surface area contributed by atoms with Crippen molar-refractivity contribution in [1.82, 2.24) is 4.90 Å². The zero-order chi connectivity index (χ0) is 10.6. The molecular weight excluding hydrogens is 176 g/mol. The van der Waals surface area contributed by atoms with Gasteiger partial charge in [-0.25, -0.2) is 0 Å². The van der Waals surface area contributed by atoms with Crippen LogP contribution in [0.5, 0.6) is 0 Å². The molecule has 0 amide bonds. The molecule has 84 valence electrons. The SMILES string of the molecule is CCN(CC(C)C)C1COCCC1N. The first kappa shape index (κ1) is 12.0. The van der Waals surface area contributed by atoms with E-state index in [9.17, 15) is 0 Å². The normalized spacial score (nSPS) is 28.7. The number of likely N-dealkylation sites (N-methyl/N-ethyl adjacent to an activating group) is 1. The number of nitrogens with zero attached hydrogens (tertiary/aromatic N) is 1. The van der Waals surface area contributed by atoms with Gasteiger partial charge in [-0.3, -0.25) is 4.90 Å². The first-order valence-corrected chi connectivity index (χ1v) is 5.72. The summed E-state index contributed by atoms with van der Waals surface area (Å²) in [5.74, 6) is 0.698. The molecule has 2 atom stereocenters. The molecule has 3 heteroatoms. The molecule has 0 saturated carbocycles. The molecule has 1 rings (SSSR count). The summed E-state index contributed by atoms with van der Waals surface area (Å²) in [5, 5.41) is 0. The fourth-order valence-electron chi connectivity index (χ4n) is 2.08. The Morgan fingerprint density at radius 2 is 2.21 bits per heavy atom. The molecule has 0 aromatic heterocycles. The third-order valence-electron chi connectivity index (χ3n) is 2.85. The highest BCUT2D eigenvalue weighted by Crippen LogP contribution is 2.14. The van der Waals surface area contributed by atoms with Crippen molar-refractivity contribution in [3.63, 3.8) is 0 Å². The van der Waals surface area contributed by atoms with Gasteiger partial charge in [-0.2, -0.15) is 0 Å². The molecule has 0 aromatic rings. The van der Waals surface area contributed by atoms with Crippen molar-refractivity contribution in [3.05, 3.63) is 0 Å². The van der Waals surface area contributed by atoms with E-state index in [4.69, 9.17) is 10.5 Å². The van der Waals surface area contributed by atoms with Gasteiger partial charge in [0.05, 0.1) is 6.61 Å². The summed E-state index contributed by atoms with van der Waals surface area (Å²) in [6.45, 7) is 10.5. The van der Waals surface area contributed by atoms with Crippen LogP contribution in [0.2, 0.25) is 0 Å². The smallest absolute Gasteiger partial charge is 0.0636 e. The van der Waals surface area contributed by atoms with Crippen LogP contribution in [0.4, 0.5) is 0 Å². The standard InChI is InChI=1S/C11H24N2O/c1-4-13(7-9(2)3)11-8-14-6-5-10(11)12/h9-11H,4-8,12H2,1-3H3. The average Bonchev–Trinajstić information content (AvgIpc) is 2.15. The molecule has 1 heterocycles. The molecule has 1 fully saturated rings. The van der Waals surface area contributed by atoms with Crippen LogP contribution in [-0.4, -0.2) is 43.3 Å². The first-order valence-electron chi connectivity index (χ1n) is 5.72. The van der Waals surface area contributed by atoms with Gasteiger partial charge >= 0.3 is 0 Å². The Kier molecular flexibility index (Phi) is 4.85. The highest BCUT2D eigenvalue weighted by atomic mass is 16.5. The van der Waals surface area contributed by atoms with Crippen LogP contribution < -0.4 is 5.73 Å². The lowest BCUT2D eigenvalue weighted by molar-refractivity contribution is 0.00381. The molecule has 2 N–H and O–H groups in total. The number of hydrogen-bond acceptors (Lipinski definition) is 3. The van der Waals surface area contributed by atoms with Gasteiger partial charge in [0, 0.05) is 25.2 Å². The van der Waals surface area contributed by atoms with E-state index in [-0.39, 0.29) is 0 Å². The second-order valence-electron chi connectivity index (χ2n) is 4.58.